The molecular formula is C20H21FO3. The van der Waals surface area contributed by atoms with Crippen molar-refractivity contribution >= 4 is 0 Å². The normalized spacial score (nSPS) is 20.8. The minimum absolute atomic E-state index is 0.208. The van der Waals surface area contributed by atoms with Crippen LogP contribution in [0.4, 0.5) is 4.39 Å². The SMILES string of the molecule is C=C[C@H]1CO[C@H](c2ccccc2-c2ccc(COC)c(F)c2)OC1. The molecule has 0 amide bonds. The number of rotatable bonds is 5. The summed E-state index contributed by atoms with van der Waals surface area (Å²) in [6, 6.07) is 12.9. The Balaban J connectivity index is 1.89. The number of benzene rings is 2. The first-order valence-corrected chi connectivity index (χ1v) is 7.95. The number of hydrogen-bond acceptors (Lipinski definition) is 3. The Labute approximate surface area is 141 Å². The highest BCUT2D eigenvalue weighted by molar-refractivity contribution is 5.68. The van der Waals surface area contributed by atoms with Gasteiger partial charge in [-0.1, -0.05) is 42.5 Å². The maximum absolute atomic E-state index is 14.2. The number of methoxy groups -OCH3 is 1. The predicted octanol–water partition coefficient (Wildman–Crippen LogP) is 4.49. The lowest BCUT2D eigenvalue weighted by atomic mass is 9.97. The van der Waals surface area contributed by atoms with Crippen molar-refractivity contribution in [1.29, 1.82) is 0 Å². The second kappa shape index (κ2) is 7.71. The molecule has 2 aromatic carbocycles. The fourth-order valence-corrected chi connectivity index (χ4v) is 2.79. The summed E-state index contributed by atoms with van der Waals surface area (Å²) in [6.45, 7) is 5.17. The average Bonchev–Trinajstić information content (AvgIpc) is 2.64. The zero-order valence-corrected chi connectivity index (χ0v) is 13.7. The van der Waals surface area contributed by atoms with Gasteiger partial charge in [-0.15, -0.1) is 6.58 Å². The maximum Gasteiger partial charge on any atom is 0.184 e. The minimum Gasteiger partial charge on any atom is -0.380 e. The van der Waals surface area contributed by atoms with Crippen molar-refractivity contribution in [3.63, 3.8) is 0 Å². The van der Waals surface area contributed by atoms with Gasteiger partial charge in [0.1, 0.15) is 5.82 Å². The highest BCUT2D eigenvalue weighted by Crippen LogP contribution is 2.34. The van der Waals surface area contributed by atoms with Gasteiger partial charge in [0.05, 0.1) is 19.8 Å². The van der Waals surface area contributed by atoms with Gasteiger partial charge in [0.2, 0.25) is 0 Å². The molecule has 126 valence electrons. The lowest BCUT2D eigenvalue weighted by Gasteiger charge is -2.29. The van der Waals surface area contributed by atoms with Crippen LogP contribution < -0.4 is 0 Å². The maximum atomic E-state index is 14.2. The van der Waals surface area contributed by atoms with Crippen molar-refractivity contribution < 1.29 is 18.6 Å². The van der Waals surface area contributed by atoms with Crippen LogP contribution in [-0.4, -0.2) is 20.3 Å². The first-order valence-electron chi connectivity index (χ1n) is 7.95. The van der Waals surface area contributed by atoms with E-state index in [1.807, 2.05) is 36.4 Å². The van der Waals surface area contributed by atoms with Crippen molar-refractivity contribution in [3.8, 4) is 11.1 Å². The molecule has 1 fully saturated rings. The molecule has 1 aliphatic heterocycles. The van der Waals surface area contributed by atoms with Gasteiger partial charge in [0, 0.05) is 24.2 Å². The third-order valence-electron chi connectivity index (χ3n) is 4.14. The van der Waals surface area contributed by atoms with Crippen LogP contribution in [-0.2, 0) is 20.8 Å². The number of ether oxygens (including phenoxy) is 3. The smallest absolute Gasteiger partial charge is 0.184 e. The lowest BCUT2D eigenvalue weighted by molar-refractivity contribution is -0.197. The fourth-order valence-electron chi connectivity index (χ4n) is 2.79. The lowest BCUT2D eigenvalue weighted by Crippen LogP contribution is -2.26. The molecule has 1 saturated heterocycles. The molecule has 0 atom stereocenters. The van der Waals surface area contributed by atoms with Crippen LogP contribution in [0.3, 0.4) is 0 Å². The topological polar surface area (TPSA) is 27.7 Å². The van der Waals surface area contributed by atoms with Crippen LogP contribution in [0, 0.1) is 11.7 Å². The van der Waals surface area contributed by atoms with E-state index >= 15 is 0 Å². The predicted molar refractivity (Wildman–Crippen MR) is 90.9 cm³/mol. The Morgan fingerprint density at radius 1 is 1.21 bits per heavy atom. The molecule has 0 N–H and O–H groups in total. The molecule has 3 nitrogen and oxygen atoms in total. The van der Waals surface area contributed by atoms with Gasteiger partial charge >= 0.3 is 0 Å². The van der Waals surface area contributed by atoms with Gasteiger partial charge in [-0.05, 0) is 17.2 Å². The molecule has 24 heavy (non-hydrogen) atoms. The molecule has 1 heterocycles. The van der Waals surface area contributed by atoms with E-state index in [1.165, 1.54) is 6.07 Å². The standard InChI is InChI=1S/C20H21FO3/c1-3-14-11-23-20(24-12-14)18-7-5-4-6-17(18)15-8-9-16(13-22-2)19(21)10-15/h3-10,14,20H,1,11-13H2,2H3/t14-,20-. The van der Waals surface area contributed by atoms with Crippen molar-refractivity contribution in [3.05, 3.63) is 72.1 Å². The largest absolute Gasteiger partial charge is 0.380 e. The molecule has 0 radical (unpaired) electrons. The third-order valence-corrected chi connectivity index (χ3v) is 4.14. The summed E-state index contributed by atoms with van der Waals surface area (Å²) in [5.41, 5.74) is 3.14. The summed E-state index contributed by atoms with van der Waals surface area (Å²) in [5.74, 6) is -0.0689. The van der Waals surface area contributed by atoms with E-state index in [0.29, 0.717) is 18.8 Å². The van der Waals surface area contributed by atoms with Crippen LogP contribution in [0.5, 0.6) is 0 Å². The summed E-state index contributed by atoms with van der Waals surface area (Å²) in [7, 11) is 1.55. The Hall–Kier alpha value is -2.01. The van der Waals surface area contributed by atoms with Crippen molar-refractivity contribution in [2.45, 2.75) is 12.9 Å². The summed E-state index contributed by atoms with van der Waals surface area (Å²) in [5, 5.41) is 0. The average molecular weight is 328 g/mol. The van der Waals surface area contributed by atoms with Crippen LogP contribution in [0.1, 0.15) is 17.4 Å². The van der Waals surface area contributed by atoms with Gasteiger partial charge in [-0.3, -0.25) is 0 Å². The van der Waals surface area contributed by atoms with Crippen LogP contribution >= 0.6 is 0 Å². The highest BCUT2D eigenvalue weighted by atomic mass is 19.1. The van der Waals surface area contributed by atoms with E-state index in [-0.39, 0.29) is 18.3 Å². The van der Waals surface area contributed by atoms with E-state index < -0.39 is 6.29 Å². The molecule has 3 rings (SSSR count). The zero-order valence-electron chi connectivity index (χ0n) is 13.7. The summed E-state index contributed by atoms with van der Waals surface area (Å²) in [6.07, 6.45) is 1.39. The fraction of sp³-hybridized carbons (Fsp3) is 0.300. The molecule has 0 aliphatic carbocycles. The van der Waals surface area contributed by atoms with Gasteiger partial charge in [0.15, 0.2) is 6.29 Å². The van der Waals surface area contributed by atoms with E-state index in [4.69, 9.17) is 14.2 Å². The minimum atomic E-state index is -0.445. The van der Waals surface area contributed by atoms with Crippen molar-refractivity contribution in [2.75, 3.05) is 20.3 Å². The third kappa shape index (κ3) is 3.56. The van der Waals surface area contributed by atoms with E-state index in [2.05, 4.69) is 6.58 Å². The van der Waals surface area contributed by atoms with E-state index in [1.54, 1.807) is 13.2 Å². The Bertz CT molecular complexity index is 706. The van der Waals surface area contributed by atoms with Crippen LogP contribution in [0.25, 0.3) is 11.1 Å². The van der Waals surface area contributed by atoms with Gasteiger partial charge in [-0.2, -0.15) is 0 Å². The van der Waals surface area contributed by atoms with Crippen LogP contribution in [0.2, 0.25) is 0 Å². The first kappa shape index (κ1) is 16.8. The Morgan fingerprint density at radius 2 is 1.96 bits per heavy atom. The molecule has 0 saturated carbocycles. The van der Waals surface area contributed by atoms with Gasteiger partial charge < -0.3 is 14.2 Å². The number of halogens is 1. The zero-order chi connectivity index (χ0) is 16.9. The van der Waals surface area contributed by atoms with E-state index in [0.717, 1.165) is 16.7 Å². The molecular weight excluding hydrogens is 307 g/mol. The van der Waals surface area contributed by atoms with Crippen molar-refractivity contribution in [2.24, 2.45) is 5.92 Å². The Kier molecular flexibility index (Phi) is 5.41. The summed E-state index contributed by atoms with van der Waals surface area (Å²) in [4.78, 5) is 0. The van der Waals surface area contributed by atoms with Gasteiger partial charge in [0.25, 0.3) is 0 Å². The molecule has 4 heteroatoms. The first-order chi connectivity index (χ1) is 11.7. The second-order valence-corrected chi connectivity index (χ2v) is 5.82. The number of hydrogen-bond donors (Lipinski definition) is 0. The molecule has 0 aromatic heterocycles. The summed E-state index contributed by atoms with van der Waals surface area (Å²) < 4.78 is 30.9. The molecule has 0 spiro atoms. The quantitative estimate of drug-likeness (QED) is 0.757. The van der Waals surface area contributed by atoms with Gasteiger partial charge in [-0.25, -0.2) is 4.39 Å². The highest BCUT2D eigenvalue weighted by Gasteiger charge is 2.24. The van der Waals surface area contributed by atoms with Crippen LogP contribution in [0.15, 0.2) is 55.1 Å². The molecule has 1 aliphatic rings. The second-order valence-electron chi connectivity index (χ2n) is 5.82. The monoisotopic (exact) mass is 328 g/mol. The van der Waals surface area contributed by atoms with E-state index in [9.17, 15) is 4.39 Å². The molecule has 2 aromatic rings. The summed E-state index contributed by atoms with van der Waals surface area (Å²) >= 11 is 0. The van der Waals surface area contributed by atoms with Crippen molar-refractivity contribution in [1.82, 2.24) is 0 Å². The molecule has 0 unspecified atom stereocenters. The Morgan fingerprint density at radius 3 is 2.62 bits per heavy atom. The molecule has 0 bridgehead atoms.